The summed E-state index contributed by atoms with van der Waals surface area (Å²) in [5.41, 5.74) is 1.94. The van der Waals surface area contributed by atoms with Crippen molar-refractivity contribution in [3.8, 4) is 0 Å². The van der Waals surface area contributed by atoms with Crippen LogP contribution in [0.1, 0.15) is 21.7 Å². The van der Waals surface area contributed by atoms with E-state index in [1.807, 2.05) is 25.9 Å². The number of hydrogen-bond acceptors (Lipinski definition) is 3. The molecule has 0 radical (unpaired) electrons. The van der Waals surface area contributed by atoms with Crippen LogP contribution >= 0.6 is 11.6 Å². The predicted molar refractivity (Wildman–Crippen MR) is 88.0 cm³/mol. The minimum absolute atomic E-state index is 0.205. The largest absolute Gasteiger partial charge is 0.348 e. The van der Waals surface area contributed by atoms with Crippen molar-refractivity contribution in [2.75, 3.05) is 27.2 Å². The predicted octanol–water partition coefficient (Wildman–Crippen LogP) is 2.71. The Kier molecular flexibility index (Phi) is 5.74. The summed E-state index contributed by atoms with van der Waals surface area (Å²) in [6.45, 7) is 3.46. The van der Waals surface area contributed by atoms with Crippen LogP contribution in [0.4, 0.5) is 4.39 Å². The van der Waals surface area contributed by atoms with E-state index in [9.17, 15) is 9.18 Å². The summed E-state index contributed by atoms with van der Waals surface area (Å²) in [5.74, 6) is -0.792. The van der Waals surface area contributed by atoms with Crippen LogP contribution in [-0.4, -0.2) is 52.9 Å². The van der Waals surface area contributed by atoms with Gasteiger partial charge in [0, 0.05) is 29.4 Å². The molecule has 0 fully saturated rings. The molecule has 1 heterocycles. The van der Waals surface area contributed by atoms with Crippen LogP contribution in [0.15, 0.2) is 24.5 Å². The average molecular weight is 339 g/mol. The smallest absolute Gasteiger partial charge is 0.254 e. The molecule has 1 aromatic heterocycles. The zero-order chi connectivity index (χ0) is 17.0. The Hall–Kier alpha value is -1.92. The number of H-pyrrole nitrogens is 1. The van der Waals surface area contributed by atoms with Gasteiger partial charge < -0.3 is 14.8 Å². The Morgan fingerprint density at radius 1 is 1.30 bits per heavy atom. The van der Waals surface area contributed by atoms with Crippen LogP contribution in [0.3, 0.4) is 0 Å². The van der Waals surface area contributed by atoms with Gasteiger partial charge in [0.1, 0.15) is 5.82 Å². The lowest BCUT2D eigenvalue weighted by Gasteiger charge is -2.24. The van der Waals surface area contributed by atoms with Crippen molar-refractivity contribution in [1.82, 2.24) is 19.8 Å². The molecule has 5 nitrogen and oxygen atoms in total. The molecule has 0 unspecified atom stereocenters. The Morgan fingerprint density at radius 2 is 2.04 bits per heavy atom. The first-order valence-electron chi connectivity index (χ1n) is 7.25. The molecule has 0 saturated carbocycles. The number of nitrogens with one attached hydrogen (secondary N) is 1. The molecule has 0 bridgehead atoms. The Morgan fingerprint density at radius 3 is 2.61 bits per heavy atom. The van der Waals surface area contributed by atoms with Gasteiger partial charge in [-0.1, -0.05) is 11.6 Å². The van der Waals surface area contributed by atoms with E-state index in [-0.39, 0.29) is 16.5 Å². The van der Waals surface area contributed by atoms with Gasteiger partial charge in [0.25, 0.3) is 5.91 Å². The maximum Gasteiger partial charge on any atom is 0.254 e. The fraction of sp³-hybridized carbons (Fsp3) is 0.375. The van der Waals surface area contributed by atoms with E-state index in [1.54, 1.807) is 11.2 Å². The van der Waals surface area contributed by atoms with E-state index in [0.717, 1.165) is 11.4 Å². The van der Waals surface area contributed by atoms with Gasteiger partial charge in [-0.25, -0.2) is 9.37 Å². The first-order chi connectivity index (χ1) is 10.9. The second-order valence-corrected chi connectivity index (χ2v) is 6.10. The minimum Gasteiger partial charge on any atom is -0.348 e. The van der Waals surface area contributed by atoms with E-state index in [4.69, 9.17) is 11.6 Å². The number of amides is 1. The number of aromatic nitrogens is 2. The van der Waals surface area contributed by atoms with Crippen LogP contribution in [-0.2, 0) is 6.54 Å². The zero-order valence-electron chi connectivity index (χ0n) is 13.4. The number of rotatable bonds is 6. The molecule has 1 amide bonds. The summed E-state index contributed by atoms with van der Waals surface area (Å²) < 4.78 is 13.5. The summed E-state index contributed by atoms with van der Waals surface area (Å²) in [6, 6.07) is 3.86. The van der Waals surface area contributed by atoms with E-state index >= 15 is 0 Å². The number of halogens is 2. The SMILES string of the molecule is Cc1[nH]cnc1CN(CCN(C)C)C(=O)c1cc(F)cc(Cl)c1. The lowest BCUT2D eigenvalue weighted by molar-refractivity contribution is 0.0729. The van der Waals surface area contributed by atoms with Crippen molar-refractivity contribution in [1.29, 1.82) is 0 Å². The third kappa shape index (κ3) is 4.77. The number of aryl methyl sites for hydroxylation is 1. The van der Waals surface area contributed by atoms with Crippen LogP contribution in [0.25, 0.3) is 0 Å². The summed E-state index contributed by atoms with van der Waals surface area (Å²) in [5, 5.41) is 0.205. The molecule has 7 heteroatoms. The zero-order valence-corrected chi connectivity index (χ0v) is 14.2. The molecule has 0 saturated heterocycles. The Bertz CT molecular complexity index is 666. The van der Waals surface area contributed by atoms with Gasteiger partial charge >= 0.3 is 0 Å². The number of carbonyl (C=O) groups excluding carboxylic acids is 1. The van der Waals surface area contributed by atoms with Gasteiger partial charge in [0.2, 0.25) is 0 Å². The highest BCUT2D eigenvalue weighted by Gasteiger charge is 2.19. The maximum atomic E-state index is 13.5. The van der Waals surface area contributed by atoms with Gasteiger partial charge in [-0.2, -0.15) is 0 Å². The topological polar surface area (TPSA) is 52.2 Å². The fourth-order valence-corrected chi connectivity index (χ4v) is 2.38. The van der Waals surface area contributed by atoms with Gasteiger partial charge in [-0.15, -0.1) is 0 Å². The van der Waals surface area contributed by atoms with Gasteiger partial charge in [-0.05, 0) is 39.2 Å². The highest BCUT2D eigenvalue weighted by molar-refractivity contribution is 6.31. The van der Waals surface area contributed by atoms with E-state index in [2.05, 4.69) is 9.97 Å². The quantitative estimate of drug-likeness (QED) is 0.881. The van der Waals surface area contributed by atoms with Crippen molar-refractivity contribution in [2.45, 2.75) is 13.5 Å². The minimum atomic E-state index is -0.524. The molecule has 1 aromatic carbocycles. The monoisotopic (exact) mass is 338 g/mol. The number of benzene rings is 1. The molecule has 2 rings (SSSR count). The van der Waals surface area contributed by atoms with Gasteiger partial charge in [-0.3, -0.25) is 4.79 Å². The molecule has 23 heavy (non-hydrogen) atoms. The van der Waals surface area contributed by atoms with Gasteiger partial charge in [0.05, 0.1) is 18.6 Å². The summed E-state index contributed by atoms with van der Waals surface area (Å²) >= 11 is 5.86. The summed E-state index contributed by atoms with van der Waals surface area (Å²) in [7, 11) is 3.86. The average Bonchev–Trinajstić information content (AvgIpc) is 2.86. The second-order valence-electron chi connectivity index (χ2n) is 5.66. The van der Waals surface area contributed by atoms with Crippen LogP contribution in [0.2, 0.25) is 5.02 Å². The van der Waals surface area contributed by atoms with Crippen molar-refractivity contribution in [3.05, 3.63) is 52.3 Å². The molecule has 1 N–H and O–H groups in total. The Balaban J connectivity index is 2.24. The van der Waals surface area contributed by atoms with Crippen LogP contribution < -0.4 is 0 Å². The number of hydrogen-bond donors (Lipinski definition) is 1. The molecule has 0 aliphatic rings. The highest BCUT2D eigenvalue weighted by atomic mass is 35.5. The third-order valence-electron chi connectivity index (χ3n) is 3.49. The number of carbonyl (C=O) groups is 1. The Labute approximate surface area is 140 Å². The third-order valence-corrected chi connectivity index (χ3v) is 3.71. The van der Waals surface area contributed by atoms with E-state index in [0.29, 0.717) is 19.6 Å². The number of aromatic amines is 1. The highest BCUT2D eigenvalue weighted by Crippen LogP contribution is 2.17. The van der Waals surface area contributed by atoms with Gasteiger partial charge in [0.15, 0.2) is 0 Å². The lowest BCUT2D eigenvalue weighted by Crippen LogP contribution is -2.36. The van der Waals surface area contributed by atoms with Crippen molar-refractivity contribution in [2.24, 2.45) is 0 Å². The van der Waals surface area contributed by atoms with Crippen LogP contribution in [0, 0.1) is 12.7 Å². The first-order valence-corrected chi connectivity index (χ1v) is 7.63. The van der Waals surface area contributed by atoms with Crippen molar-refractivity contribution in [3.63, 3.8) is 0 Å². The molecule has 0 aliphatic carbocycles. The number of likely N-dealkylation sites (N-methyl/N-ethyl adjacent to an activating group) is 1. The lowest BCUT2D eigenvalue weighted by atomic mass is 10.1. The molecule has 124 valence electrons. The second kappa shape index (κ2) is 7.57. The molecule has 0 atom stereocenters. The molecule has 0 aliphatic heterocycles. The number of imidazole rings is 1. The molecular weight excluding hydrogens is 319 g/mol. The van der Waals surface area contributed by atoms with E-state index in [1.165, 1.54) is 18.2 Å². The van der Waals surface area contributed by atoms with Crippen molar-refractivity contribution >= 4 is 17.5 Å². The number of nitrogens with zero attached hydrogens (tertiary/aromatic N) is 3. The van der Waals surface area contributed by atoms with E-state index < -0.39 is 5.82 Å². The fourth-order valence-electron chi connectivity index (χ4n) is 2.16. The first kappa shape index (κ1) is 17.4. The standard InChI is InChI=1S/C16H20ClFN4O/c1-11-15(20-10-19-11)9-22(5-4-21(2)3)16(23)12-6-13(17)8-14(18)7-12/h6-8,10H,4-5,9H2,1-3H3,(H,19,20). The maximum absolute atomic E-state index is 13.5. The molecule has 0 spiro atoms. The summed E-state index contributed by atoms with van der Waals surface area (Å²) in [6.07, 6.45) is 1.60. The molecule has 2 aromatic rings. The molecular formula is C16H20ClFN4O. The van der Waals surface area contributed by atoms with Crippen molar-refractivity contribution < 1.29 is 9.18 Å². The van der Waals surface area contributed by atoms with Crippen LogP contribution in [0.5, 0.6) is 0 Å². The normalized spacial score (nSPS) is 11.0. The summed E-state index contributed by atoms with van der Waals surface area (Å²) in [4.78, 5) is 23.6.